The van der Waals surface area contributed by atoms with E-state index in [0.29, 0.717) is 37.6 Å². The maximum atomic E-state index is 13.9. The van der Waals surface area contributed by atoms with Crippen LogP contribution < -0.4 is 4.74 Å². The van der Waals surface area contributed by atoms with E-state index < -0.39 is 0 Å². The number of carbonyl (C=O) groups excluding carboxylic acids is 2. The summed E-state index contributed by atoms with van der Waals surface area (Å²) in [6.07, 6.45) is 0.591. The van der Waals surface area contributed by atoms with E-state index in [9.17, 15) is 9.59 Å². The molecule has 0 aliphatic carbocycles. The van der Waals surface area contributed by atoms with Crippen LogP contribution in [0.5, 0.6) is 5.75 Å². The first-order valence-corrected chi connectivity index (χ1v) is 14.1. The zero-order chi connectivity index (χ0) is 27.2. The Bertz CT molecular complexity index is 1290. The van der Waals surface area contributed by atoms with Crippen LogP contribution in [-0.2, 0) is 9.53 Å². The van der Waals surface area contributed by atoms with Gasteiger partial charge in [-0.1, -0.05) is 35.9 Å². The lowest BCUT2D eigenvalue weighted by Crippen LogP contribution is -2.46. The van der Waals surface area contributed by atoms with Crippen LogP contribution in [0.1, 0.15) is 38.8 Å². The zero-order valence-electron chi connectivity index (χ0n) is 22.4. The lowest BCUT2D eigenvalue weighted by atomic mass is 9.97. The molecule has 0 N–H and O–H groups in total. The van der Waals surface area contributed by atoms with E-state index in [2.05, 4.69) is 29.2 Å². The summed E-state index contributed by atoms with van der Waals surface area (Å²) in [6, 6.07) is 19.4. The van der Waals surface area contributed by atoms with Crippen molar-refractivity contribution >= 4 is 28.9 Å². The van der Waals surface area contributed by atoms with Crippen molar-refractivity contribution in [2.45, 2.75) is 19.4 Å². The molecule has 2 aromatic carbocycles. The largest absolute Gasteiger partial charge is 0.497 e. The molecule has 0 bridgehead atoms. The van der Waals surface area contributed by atoms with Crippen molar-refractivity contribution < 1.29 is 19.1 Å². The minimum absolute atomic E-state index is 0.0389. The summed E-state index contributed by atoms with van der Waals surface area (Å²) in [4.78, 5) is 31.9. The first-order chi connectivity index (χ1) is 19.0. The molecule has 5 rings (SSSR count). The number of amides is 2. The fraction of sp³-hybridized carbons (Fsp3) is 0.367. The summed E-state index contributed by atoms with van der Waals surface area (Å²) in [7, 11) is 1.64. The summed E-state index contributed by atoms with van der Waals surface area (Å²) in [6.45, 7) is 6.18. The predicted octanol–water partition coefficient (Wildman–Crippen LogP) is 4.22. The fourth-order valence-corrected chi connectivity index (χ4v) is 5.57. The van der Waals surface area contributed by atoms with Crippen molar-refractivity contribution in [1.29, 1.82) is 0 Å². The van der Waals surface area contributed by atoms with Gasteiger partial charge in [-0.15, -0.1) is 11.3 Å². The molecule has 1 saturated heterocycles. The second kappa shape index (κ2) is 12.5. The maximum absolute atomic E-state index is 13.9. The number of carbonyl (C=O) groups is 2. The van der Waals surface area contributed by atoms with Gasteiger partial charge in [-0.3, -0.25) is 14.5 Å². The molecule has 204 valence electrons. The smallest absolute Gasteiger partial charge is 0.264 e. The highest BCUT2D eigenvalue weighted by Crippen LogP contribution is 2.33. The van der Waals surface area contributed by atoms with Crippen molar-refractivity contribution in [3.05, 3.63) is 87.6 Å². The van der Waals surface area contributed by atoms with E-state index in [1.807, 2.05) is 48.7 Å². The number of hydrogen-bond acceptors (Lipinski definition) is 7. The Morgan fingerprint density at radius 3 is 2.49 bits per heavy atom. The first kappa shape index (κ1) is 27.1. The Morgan fingerprint density at radius 1 is 1.08 bits per heavy atom. The van der Waals surface area contributed by atoms with Crippen LogP contribution in [0.2, 0.25) is 0 Å². The topological polar surface area (TPSA) is 74.7 Å². The van der Waals surface area contributed by atoms with Gasteiger partial charge in [0.2, 0.25) is 0 Å². The number of morpholine rings is 1. The fourth-order valence-electron chi connectivity index (χ4n) is 4.88. The van der Waals surface area contributed by atoms with Gasteiger partial charge in [0, 0.05) is 32.6 Å². The number of hydrazone groups is 1. The van der Waals surface area contributed by atoms with Gasteiger partial charge in [0.25, 0.3) is 11.8 Å². The van der Waals surface area contributed by atoms with E-state index in [4.69, 9.17) is 14.6 Å². The Labute approximate surface area is 233 Å². The average Bonchev–Trinajstić information content (AvgIpc) is 3.67. The second-order valence-electron chi connectivity index (χ2n) is 9.80. The maximum Gasteiger partial charge on any atom is 0.264 e. The molecule has 3 aromatic rings. The van der Waals surface area contributed by atoms with Crippen LogP contribution in [0.15, 0.2) is 71.1 Å². The molecule has 0 radical (unpaired) electrons. The number of aryl methyl sites for hydroxylation is 1. The number of benzene rings is 2. The highest BCUT2D eigenvalue weighted by molar-refractivity contribution is 7.12. The van der Waals surface area contributed by atoms with Crippen LogP contribution in [-0.4, -0.2) is 85.4 Å². The molecule has 1 fully saturated rings. The van der Waals surface area contributed by atoms with Crippen molar-refractivity contribution in [3.63, 3.8) is 0 Å². The van der Waals surface area contributed by atoms with Crippen molar-refractivity contribution in [2.75, 3.05) is 53.0 Å². The summed E-state index contributed by atoms with van der Waals surface area (Å²) in [5.41, 5.74) is 3.95. The molecule has 0 spiro atoms. The van der Waals surface area contributed by atoms with Gasteiger partial charge >= 0.3 is 0 Å². The Kier molecular flexibility index (Phi) is 8.71. The summed E-state index contributed by atoms with van der Waals surface area (Å²) in [5.74, 6) is 0.441. The van der Waals surface area contributed by atoms with Gasteiger partial charge in [0.15, 0.2) is 0 Å². The van der Waals surface area contributed by atoms with E-state index in [-0.39, 0.29) is 24.4 Å². The minimum atomic E-state index is -0.242. The zero-order valence-corrected chi connectivity index (χ0v) is 23.2. The second-order valence-corrected chi connectivity index (χ2v) is 10.7. The van der Waals surface area contributed by atoms with Crippen molar-refractivity contribution in [1.82, 2.24) is 14.8 Å². The number of hydrogen-bond donors (Lipinski definition) is 0. The normalized spacial score (nSPS) is 17.6. The molecular weight excluding hydrogens is 512 g/mol. The van der Waals surface area contributed by atoms with Gasteiger partial charge in [0.1, 0.15) is 12.3 Å². The number of nitrogens with zero attached hydrogens (tertiary/aromatic N) is 4. The molecule has 0 saturated carbocycles. The third-order valence-electron chi connectivity index (χ3n) is 7.19. The first-order valence-electron chi connectivity index (χ1n) is 13.3. The van der Waals surface area contributed by atoms with Crippen molar-refractivity contribution in [3.8, 4) is 5.75 Å². The SMILES string of the molecule is COc1ccc(C2=NN(C(=O)CN(CCN3CCOCC3)C(=O)c3cccs3)C(c3ccc(C)cc3)C2)cc1. The van der Waals surface area contributed by atoms with Gasteiger partial charge in [-0.2, -0.15) is 5.10 Å². The lowest BCUT2D eigenvalue weighted by Gasteiger charge is -2.31. The van der Waals surface area contributed by atoms with Gasteiger partial charge in [-0.25, -0.2) is 5.01 Å². The standard InChI is InChI=1S/C30H34N4O4S/c1-22-5-7-24(8-6-22)27-20-26(23-9-11-25(37-2)12-10-23)31-34(27)29(35)21-33(30(36)28-4-3-19-39-28)14-13-32-15-17-38-18-16-32/h3-12,19,27H,13-18,20-21H2,1-2H3. The molecule has 1 atom stereocenters. The third-order valence-corrected chi connectivity index (χ3v) is 8.04. The Balaban J connectivity index is 1.39. The molecule has 2 amide bonds. The number of rotatable bonds is 9. The molecule has 2 aliphatic rings. The molecule has 1 unspecified atom stereocenters. The summed E-state index contributed by atoms with van der Waals surface area (Å²) >= 11 is 1.39. The molecule has 3 heterocycles. The van der Waals surface area contributed by atoms with Crippen LogP contribution in [0.25, 0.3) is 0 Å². The van der Waals surface area contributed by atoms with Crippen molar-refractivity contribution in [2.24, 2.45) is 5.10 Å². The lowest BCUT2D eigenvalue weighted by molar-refractivity contribution is -0.133. The van der Waals surface area contributed by atoms with E-state index >= 15 is 0 Å². The monoisotopic (exact) mass is 546 g/mol. The van der Waals surface area contributed by atoms with Crippen LogP contribution in [0.4, 0.5) is 0 Å². The minimum Gasteiger partial charge on any atom is -0.497 e. The molecule has 2 aliphatic heterocycles. The van der Waals surface area contributed by atoms with E-state index in [1.54, 1.807) is 17.0 Å². The Morgan fingerprint density at radius 2 is 1.82 bits per heavy atom. The molecule has 1 aromatic heterocycles. The highest BCUT2D eigenvalue weighted by Gasteiger charge is 2.34. The third kappa shape index (κ3) is 6.55. The van der Waals surface area contributed by atoms with E-state index in [1.165, 1.54) is 11.3 Å². The number of thiophene rings is 1. The van der Waals surface area contributed by atoms with Crippen LogP contribution in [0, 0.1) is 6.92 Å². The van der Waals surface area contributed by atoms with Crippen LogP contribution in [0.3, 0.4) is 0 Å². The number of ether oxygens (including phenoxy) is 2. The number of methoxy groups -OCH3 is 1. The predicted molar refractivity (Wildman–Crippen MR) is 152 cm³/mol. The Hall–Kier alpha value is -3.53. The van der Waals surface area contributed by atoms with Crippen LogP contribution >= 0.6 is 11.3 Å². The highest BCUT2D eigenvalue weighted by atomic mass is 32.1. The molecular formula is C30H34N4O4S. The van der Waals surface area contributed by atoms with Gasteiger partial charge in [0.05, 0.1) is 37.0 Å². The molecule has 39 heavy (non-hydrogen) atoms. The van der Waals surface area contributed by atoms with Gasteiger partial charge in [-0.05, 0) is 53.8 Å². The molecule has 8 nitrogen and oxygen atoms in total. The quantitative estimate of drug-likeness (QED) is 0.402. The van der Waals surface area contributed by atoms with Gasteiger partial charge < -0.3 is 14.4 Å². The summed E-state index contributed by atoms with van der Waals surface area (Å²) < 4.78 is 10.8. The summed E-state index contributed by atoms with van der Waals surface area (Å²) in [5, 5.41) is 8.28. The van der Waals surface area contributed by atoms with E-state index in [0.717, 1.165) is 41.2 Å². The molecule has 9 heteroatoms. The average molecular weight is 547 g/mol.